The highest BCUT2D eigenvalue weighted by Crippen LogP contribution is 2.18. The van der Waals surface area contributed by atoms with Crippen LogP contribution in [0.3, 0.4) is 0 Å². The van der Waals surface area contributed by atoms with Gasteiger partial charge in [-0.15, -0.1) is 0 Å². The molecule has 0 spiro atoms. The first-order valence-corrected chi connectivity index (χ1v) is 8.35. The maximum Gasteiger partial charge on any atom is 0.222 e. The van der Waals surface area contributed by atoms with Gasteiger partial charge in [-0.1, -0.05) is 44.5 Å². The SMILES string of the molecule is CCCC(C)C(=O)NCC(O)CN1CCc2ccccc2C1. The zero-order chi connectivity index (χ0) is 15.9. The number of β-amino-alcohol motifs (C(OH)–C–C–N with tert-alkyl or cyclic N) is 1. The summed E-state index contributed by atoms with van der Waals surface area (Å²) >= 11 is 0. The highest BCUT2D eigenvalue weighted by atomic mass is 16.3. The fourth-order valence-electron chi connectivity index (χ4n) is 3.03. The van der Waals surface area contributed by atoms with E-state index < -0.39 is 6.10 Å². The first-order valence-electron chi connectivity index (χ1n) is 8.35. The molecule has 4 heteroatoms. The van der Waals surface area contributed by atoms with Crippen LogP contribution in [0.15, 0.2) is 24.3 Å². The molecule has 1 aliphatic heterocycles. The minimum absolute atomic E-state index is 0.0269. The highest BCUT2D eigenvalue weighted by Gasteiger charge is 2.19. The van der Waals surface area contributed by atoms with E-state index in [-0.39, 0.29) is 11.8 Å². The lowest BCUT2D eigenvalue weighted by Crippen LogP contribution is -2.43. The molecule has 1 heterocycles. The van der Waals surface area contributed by atoms with Crippen LogP contribution in [-0.2, 0) is 17.8 Å². The third kappa shape index (κ3) is 4.82. The summed E-state index contributed by atoms with van der Waals surface area (Å²) in [6.45, 7) is 6.81. The molecule has 4 nitrogen and oxygen atoms in total. The average Bonchev–Trinajstić information content (AvgIpc) is 2.52. The van der Waals surface area contributed by atoms with Crippen molar-refractivity contribution in [3.63, 3.8) is 0 Å². The quantitative estimate of drug-likeness (QED) is 0.809. The molecule has 1 amide bonds. The van der Waals surface area contributed by atoms with Crippen molar-refractivity contribution in [2.24, 2.45) is 5.92 Å². The number of hydrogen-bond donors (Lipinski definition) is 2. The number of rotatable bonds is 7. The first kappa shape index (κ1) is 17.0. The Bertz CT molecular complexity index is 490. The number of benzene rings is 1. The minimum Gasteiger partial charge on any atom is -0.390 e. The number of fused-ring (bicyclic) bond motifs is 1. The summed E-state index contributed by atoms with van der Waals surface area (Å²) in [5, 5.41) is 13.0. The largest absolute Gasteiger partial charge is 0.390 e. The second-order valence-electron chi connectivity index (χ2n) is 6.34. The van der Waals surface area contributed by atoms with Gasteiger partial charge in [0.25, 0.3) is 0 Å². The Morgan fingerprint density at radius 2 is 2.09 bits per heavy atom. The molecule has 0 aromatic heterocycles. The number of carbonyl (C=O) groups excluding carboxylic acids is 1. The summed E-state index contributed by atoms with van der Waals surface area (Å²) < 4.78 is 0. The number of amides is 1. The normalized spacial score (nSPS) is 17.6. The van der Waals surface area contributed by atoms with Crippen LogP contribution >= 0.6 is 0 Å². The predicted octanol–water partition coefficient (Wildman–Crippen LogP) is 1.96. The Morgan fingerprint density at radius 3 is 2.82 bits per heavy atom. The number of nitrogens with zero attached hydrogens (tertiary/aromatic N) is 1. The molecule has 0 saturated heterocycles. The molecular formula is C18H28N2O2. The number of carbonyl (C=O) groups is 1. The predicted molar refractivity (Wildman–Crippen MR) is 88.5 cm³/mol. The molecule has 2 rings (SSSR count). The van der Waals surface area contributed by atoms with Crippen LogP contribution in [0, 0.1) is 5.92 Å². The van der Waals surface area contributed by atoms with Crippen LogP contribution in [0.5, 0.6) is 0 Å². The number of hydrogen-bond acceptors (Lipinski definition) is 3. The van der Waals surface area contributed by atoms with Crippen molar-refractivity contribution in [1.29, 1.82) is 0 Å². The van der Waals surface area contributed by atoms with E-state index in [1.165, 1.54) is 11.1 Å². The van der Waals surface area contributed by atoms with E-state index >= 15 is 0 Å². The monoisotopic (exact) mass is 304 g/mol. The smallest absolute Gasteiger partial charge is 0.222 e. The molecule has 122 valence electrons. The number of aliphatic hydroxyl groups is 1. The molecule has 0 fully saturated rings. The molecule has 22 heavy (non-hydrogen) atoms. The van der Waals surface area contributed by atoms with E-state index in [0.717, 1.165) is 32.4 Å². The standard InChI is InChI=1S/C18H28N2O2/c1-3-6-14(2)18(22)19-11-17(21)13-20-10-9-15-7-4-5-8-16(15)12-20/h4-5,7-8,14,17,21H,3,6,9-13H2,1-2H3,(H,19,22). The van der Waals surface area contributed by atoms with Gasteiger partial charge < -0.3 is 10.4 Å². The molecule has 1 aromatic rings. The molecular weight excluding hydrogens is 276 g/mol. The lowest BCUT2D eigenvalue weighted by Gasteiger charge is -2.30. The molecule has 2 N–H and O–H groups in total. The Balaban J connectivity index is 1.74. The summed E-state index contributed by atoms with van der Waals surface area (Å²) in [5.41, 5.74) is 2.76. The van der Waals surface area contributed by atoms with Gasteiger partial charge in [0.05, 0.1) is 6.10 Å². The van der Waals surface area contributed by atoms with Crippen LogP contribution < -0.4 is 5.32 Å². The lowest BCUT2D eigenvalue weighted by atomic mass is 10.00. The average molecular weight is 304 g/mol. The van der Waals surface area contributed by atoms with Crippen LogP contribution in [-0.4, -0.2) is 41.7 Å². The van der Waals surface area contributed by atoms with Gasteiger partial charge in [-0.3, -0.25) is 9.69 Å². The van der Waals surface area contributed by atoms with Gasteiger partial charge in [-0.2, -0.15) is 0 Å². The van der Waals surface area contributed by atoms with Crippen molar-refractivity contribution in [2.75, 3.05) is 19.6 Å². The Morgan fingerprint density at radius 1 is 1.36 bits per heavy atom. The molecule has 0 bridgehead atoms. The fraction of sp³-hybridized carbons (Fsp3) is 0.611. The van der Waals surface area contributed by atoms with E-state index in [1.54, 1.807) is 0 Å². The van der Waals surface area contributed by atoms with E-state index in [0.29, 0.717) is 13.1 Å². The van der Waals surface area contributed by atoms with Crippen molar-refractivity contribution < 1.29 is 9.90 Å². The lowest BCUT2D eigenvalue weighted by molar-refractivity contribution is -0.125. The minimum atomic E-state index is -0.511. The molecule has 0 saturated carbocycles. The molecule has 0 aliphatic carbocycles. The maximum absolute atomic E-state index is 11.9. The van der Waals surface area contributed by atoms with Crippen molar-refractivity contribution in [3.8, 4) is 0 Å². The van der Waals surface area contributed by atoms with Crippen molar-refractivity contribution in [2.45, 2.75) is 45.8 Å². The molecule has 1 aliphatic rings. The van der Waals surface area contributed by atoms with E-state index in [9.17, 15) is 9.90 Å². The van der Waals surface area contributed by atoms with Gasteiger partial charge in [-0.25, -0.2) is 0 Å². The van der Waals surface area contributed by atoms with Crippen LogP contribution in [0.25, 0.3) is 0 Å². The number of aliphatic hydroxyl groups excluding tert-OH is 1. The van der Waals surface area contributed by atoms with Gasteiger partial charge >= 0.3 is 0 Å². The Labute approximate surface area is 133 Å². The fourth-order valence-corrected chi connectivity index (χ4v) is 3.03. The Kier molecular flexibility index (Phi) is 6.40. The van der Waals surface area contributed by atoms with Gasteiger partial charge in [0.15, 0.2) is 0 Å². The topological polar surface area (TPSA) is 52.6 Å². The molecule has 2 unspecified atom stereocenters. The molecule has 1 aromatic carbocycles. The summed E-state index contributed by atoms with van der Waals surface area (Å²) in [6, 6.07) is 8.48. The summed E-state index contributed by atoms with van der Waals surface area (Å²) in [6.07, 6.45) is 2.42. The third-order valence-electron chi connectivity index (χ3n) is 4.36. The van der Waals surface area contributed by atoms with Gasteiger partial charge in [0, 0.05) is 32.1 Å². The van der Waals surface area contributed by atoms with E-state index in [1.807, 2.05) is 6.92 Å². The van der Waals surface area contributed by atoms with Crippen LogP contribution in [0.4, 0.5) is 0 Å². The molecule has 2 atom stereocenters. The zero-order valence-electron chi connectivity index (χ0n) is 13.7. The summed E-state index contributed by atoms with van der Waals surface area (Å²) in [5.74, 6) is 0.0731. The zero-order valence-corrected chi connectivity index (χ0v) is 13.7. The van der Waals surface area contributed by atoms with E-state index in [4.69, 9.17) is 0 Å². The first-order chi connectivity index (χ1) is 10.6. The Hall–Kier alpha value is -1.39. The van der Waals surface area contributed by atoms with Gasteiger partial charge in [-0.05, 0) is 24.0 Å². The van der Waals surface area contributed by atoms with Gasteiger partial charge in [0.1, 0.15) is 0 Å². The van der Waals surface area contributed by atoms with Crippen LogP contribution in [0.2, 0.25) is 0 Å². The van der Waals surface area contributed by atoms with Crippen molar-refractivity contribution in [3.05, 3.63) is 35.4 Å². The van der Waals surface area contributed by atoms with Crippen LogP contribution in [0.1, 0.15) is 37.8 Å². The summed E-state index contributed by atoms with van der Waals surface area (Å²) in [4.78, 5) is 14.1. The second-order valence-corrected chi connectivity index (χ2v) is 6.34. The summed E-state index contributed by atoms with van der Waals surface area (Å²) in [7, 11) is 0. The molecule has 0 radical (unpaired) electrons. The van der Waals surface area contributed by atoms with E-state index in [2.05, 4.69) is 41.4 Å². The number of nitrogens with one attached hydrogen (secondary N) is 1. The van der Waals surface area contributed by atoms with Crippen molar-refractivity contribution in [1.82, 2.24) is 10.2 Å². The van der Waals surface area contributed by atoms with Gasteiger partial charge in [0.2, 0.25) is 5.91 Å². The third-order valence-corrected chi connectivity index (χ3v) is 4.36. The second kappa shape index (κ2) is 8.30. The maximum atomic E-state index is 11.9. The highest BCUT2D eigenvalue weighted by molar-refractivity contribution is 5.78. The van der Waals surface area contributed by atoms with Crippen molar-refractivity contribution >= 4 is 5.91 Å².